The lowest BCUT2D eigenvalue weighted by molar-refractivity contribution is 0.669. The highest BCUT2D eigenvalue weighted by Gasteiger charge is 2.19. The van der Waals surface area contributed by atoms with Gasteiger partial charge in [-0.3, -0.25) is 0 Å². The molecule has 0 N–H and O–H groups in total. The van der Waals surface area contributed by atoms with E-state index < -0.39 is 0 Å². The zero-order chi connectivity index (χ0) is 33.0. The number of benzene rings is 8. The first-order valence-corrected chi connectivity index (χ1v) is 17.0. The van der Waals surface area contributed by atoms with Gasteiger partial charge in [0.05, 0.1) is 11.2 Å². The topological polar surface area (TPSA) is 29.3 Å². The van der Waals surface area contributed by atoms with Crippen LogP contribution in [0, 0.1) is 0 Å². The summed E-state index contributed by atoms with van der Waals surface area (Å²) in [6.45, 7) is 0. The van der Waals surface area contributed by atoms with Crippen LogP contribution in [0.4, 0.5) is 17.1 Å². The summed E-state index contributed by atoms with van der Waals surface area (Å²) in [7, 11) is 0. The number of rotatable bonds is 5. The van der Waals surface area contributed by atoms with Gasteiger partial charge in [-0.05, 0) is 104 Å². The van der Waals surface area contributed by atoms with Crippen molar-refractivity contribution in [2.45, 2.75) is 0 Å². The highest BCUT2D eigenvalue weighted by Crippen LogP contribution is 2.42. The minimum absolute atomic E-state index is 0.782. The highest BCUT2D eigenvalue weighted by atomic mass is 16.3. The van der Waals surface area contributed by atoms with Crippen LogP contribution in [0.15, 0.2) is 186 Å². The normalized spacial score (nSPS) is 11.6. The summed E-state index contributed by atoms with van der Waals surface area (Å²) in [6.07, 6.45) is 0. The molecule has 0 bridgehead atoms. The molecule has 0 aliphatic carbocycles. The second-order valence-electron chi connectivity index (χ2n) is 12.8. The zero-order valence-corrected chi connectivity index (χ0v) is 27.1. The van der Waals surface area contributed by atoms with Crippen LogP contribution in [0.2, 0.25) is 0 Å². The summed E-state index contributed by atoms with van der Waals surface area (Å²) in [5.74, 6) is 0. The van der Waals surface area contributed by atoms with Crippen LogP contribution < -0.4 is 4.90 Å². The average Bonchev–Trinajstić information content (AvgIpc) is 3.55. The summed E-state index contributed by atoms with van der Waals surface area (Å²) in [5, 5.41) is 7.02. The van der Waals surface area contributed by atoms with Gasteiger partial charge < -0.3 is 9.32 Å². The molecule has 2 heterocycles. The maximum atomic E-state index is 6.32. The van der Waals surface area contributed by atoms with Crippen LogP contribution in [0.25, 0.3) is 76.8 Å². The third kappa shape index (κ3) is 4.71. The summed E-state index contributed by atoms with van der Waals surface area (Å²) in [4.78, 5) is 7.47. The number of fused-ring (bicyclic) bond motifs is 6. The van der Waals surface area contributed by atoms with Crippen molar-refractivity contribution >= 4 is 71.6 Å². The van der Waals surface area contributed by atoms with Gasteiger partial charge in [0.2, 0.25) is 0 Å². The lowest BCUT2D eigenvalue weighted by Crippen LogP contribution is -2.10. The van der Waals surface area contributed by atoms with Crippen molar-refractivity contribution in [2.24, 2.45) is 0 Å². The van der Waals surface area contributed by atoms with Gasteiger partial charge in [-0.2, -0.15) is 0 Å². The van der Waals surface area contributed by atoms with Gasteiger partial charge in [-0.1, -0.05) is 121 Å². The van der Waals surface area contributed by atoms with Crippen molar-refractivity contribution < 1.29 is 4.42 Å². The predicted molar refractivity (Wildman–Crippen MR) is 210 cm³/mol. The summed E-state index contributed by atoms with van der Waals surface area (Å²) < 4.78 is 6.32. The van der Waals surface area contributed by atoms with Crippen molar-refractivity contribution in [3.05, 3.63) is 182 Å². The number of pyridine rings is 1. The lowest BCUT2D eigenvalue weighted by atomic mass is 9.98. The first-order chi connectivity index (χ1) is 24.8. The van der Waals surface area contributed by atoms with Crippen molar-refractivity contribution in [3.63, 3.8) is 0 Å². The smallest absolute Gasteiger partial charge is 0.154 e. The van der Waals surface area contributed by atoms with E-state index in [0.29, 0.717) is 0 Å². The number of para-hydroxylation sites is 1. The van der Waals surface area contributed by atoms with E-state index in [2.05, 4.69) is 169 Å². The summed E-state index contributed by atoms with van der Waals surface area (Å²) >= 11 is 0. The van der Waals surface area contributed by atoms with Crippen LogP contribution in [-0.4, -0.2) is 4.98 Å². The molecule has 0 spiro atoms. The molecule has 0 amide bonds. The number of nitrogens with zero attached hydrogens (tertiary/aromatic N) is 2. The third-order valence-corrected chi connectivity index (χ3v) is 9.84. The van der Waals surface area contributed by atoms with Gasteiger partial charge in [-0.15, -0.1) is 0 Å². The summed E-state index contributed by atoms with van der Waals surface area (Å²) in [6, 6.07) is 64.7. The molecule has 3 nitrogen and oxygen atoms in total. The maximum Gasteiger partial charge on any atom is 0.154 e. The Kier molecular flexibility index (Phi) is 6.49. The zero-order valence-electron chi connectivity index (χ0n) is 27.1. The van der Waals surface area contributed by atoms with E-state index in [4.69, 9.17) is 9.40 Å². The molecule has 234 valence electrons. The number of furan rings is 1. The van der Waals surface area contributed by atoms with Gasteiger partial charge in [0, 0.05) is 22.1 Å². The molecule has 50 heavy (non-hydrogen) atoms. The number of hydrogen-bond donors (Lipinski definition) is 0. The van der Waals surface area contributed by atoms with Crippen LogP contribution in [0.1, 0.15) is 0 Å². The first-order valence-electron chi connectivity index (χ1n) is 17.0. The predicted octanol–water partition coefficient (Wildman–Crippen LogP) is 13.2. The van der Waals surface area contributed by atoms with Crippen LogP contribution in [-0.2, 0) is 0 Å². The summed E-state index contributed by atoms with van der Waals surface area (Å²) in [5.41, 5.74) is 11.4. The largest absolute Gasteiger partial charge is 0.454 e. The molecule has 8 aromatic carbocycles. The monoisotopic (exact) mass is 638 g/mol. The van der Waals surface area contributed by atoms with E-state index in [1.807, 2.05) is 18.2 Å². The first kappa shape index (κ1) is 28.3. The molecule has 0 fully saturated rings. The molecular weight excluding hydrogens is 609 g/mol. The highest BCUT2D eigenvalue weighted by molar-refractivity contribution is 6.09. The molecule has 0 atom stereocenters. The van der Waals surface area contributed by atoms with Crippen molar-refractivity contribution in [2.75, 3.05) is 4.90 Å². The van der Waals surface area contributed by atoms with Crippen molar-refractivity contribution in [1.82, 2.24) is 4.98 Å². The fourth-order valence-electron chi connectivity index (χ4n) is 7.36. The minimum Gasteiger partial charge on any atom is -0.454 e. The second kappa shape index (κ2) is 11.5. The van der Waals surface area contributed by atoms with Gasteiger partial charge >= 0.3 is 0 Å². The second-order valence-corrected chi connectivity index (χ2v) is 12.8. The minimum atomic E-state index is 0.782. The Hall–Kier alpha value is -6.71. The Labute approximate surface area is 289 Å². The quantitative estimate of drug-likeness (QED) is 0.188. The van der Waals surface area contributed by atoms with E-state index in [0.717, 1.165) is 50.0 Å². The molecule has 3 heteroatoms. The van der Waals surface area contributed by atoms with E-state index >= 15 is 0 Å². The molecule has 10 rings (SSSR count). The number of aromatic nitrogens is 1. The molecule has 0 saturated carbocycles. The third-order valence-electron chi connectivity index (χ3n) is 9.84. The van der Waals surface area contributed by atoms with Crippen LogP contribution >= 0.6 is 0 Å². The molecule has 0 unspecified atom stereocenters. The van der Waals surface area contributed by atoms with Gasteiger partial charge in [0.1, 0.15) is 11.1 Å². The van der Waals surface area contributed by atoms with E-state index in [1.54, 1.807) is 0 Å². The standard InChI is InChI=1S/C47H30N2O/c1-2-11-35-29-36(20-19-31(35)9-1)32-21-25-37(26-22-32)49(38-27-23-34(24-28-38)40-15-7-12-33-10-3-4-13-39(33)40)44-17-8-16-43-42(44)30-46-47(48-43)41-14-5-6-18-45(41)50-46/h1-30H. The Morgan fingerprint density at radius 2 is 1.04 bits per heavy atom. The fourth-order valence-corrected chi connectivity index (χ4v) is 7.36. The molecule has 0 saturated heterocycles. The van der Waals surface area contributed by atoms with Gasteiger partial charge in [0.15, 0.2) is 5.58 Å². The van der Waals surface area contributed by atoms with E-state index in [1.165, 1.54) is 43.8 Å². The molecule has 0 radical (unpaired) electrons. The molecule has 10 aromatic rings. The number of anilines is 3. The van der Waals surface area contributed by atoms with Gasteiger partial charge in [-0.25, -0.2) is 4.98 Å². The van der Waals surface area contributed by atoms with Crippen LogP contribution in [0.5, 0.6) is 0 Å². The van der Waals surface area contributed by atoms with Crippen molar-refractivity contribution in [3.8, 4) is 22.3 Å². The van der Waals surface area contributed by atoms with E-state index in [-0.39, 0.29) is 0 Å². The van der Waals surface area contributed by atoms with Crippen LogP contribution in [0.3, 0.4) is 0 Å². The SMILES string of the molecule is c1ccc2cc(-c3ccc(N(c4ccc(-c5cccc6ccccc56)cc4)c4cccc5nc6c(cc45)oc4ccccc46)cc3)ccc2c1. The Balaban J connectivity index is 1.13. The molecular formula is C47H30N2O. The Morgan fingerprint density at radius 3 is 1.86 bits per heavy atom. The fraction of sp³-hybridized carbons (Fsp3) is 0. The average molecular weight is 639 g/mol. The van der Waals surface area contributed by atoms with E-state index in [9.17, 15) is 0 Å². The maximum absolute atomic E-state index is 6.32. The lowest BCUT2D eigenvalue weighted by Gasteiger charge is -2.27. The van der Waals surface area contributed by atoms with Crippen molar-refractivity contribution in [1.29, 1.82) is 0 Å². The molecule has 0 aliphatic rings. The molecule has 2 aromatic heterocycles. The number of hydrogen-bond acceptors (Lipinski definition) is 3. The Bertz CT molecular complexity index is 2860. The Morgan fingerprint density at radius 1 is 0.400 bits per heavy atom. The molecule has 0 aliphatic heterocycles. The van der Waals surface area contributed by atoms with Gasteiger partial charge in [0.25, 0.3) is 0 Å².